The van der Waals surface area contributed by atoms with Crippen molar-refractivity contribution < 1.29 is 9.53 Å². The van der Waals surface area contributed by atoms with E-state index in [1.54, 1.807) is 0 Å². The quantitative estimate of drug-likeness (QED) is 0.713. The van der Waals surface area contributed by atoms with Gasteiger partial charge in [0.2, 0.25) is 0 Å². The molecule has 3 atom stereocenters. The Bertz CT molecular complexity index is 309. The van der Waals surface area contributed by atoms with Crippen LogP contribution in [0.5, 0.6) is 0 Å². The van der Waals surface area contributed by atoms with Crippen LogP contribution in [0.15, 0.2) is 0 Å². The number of carbonyl (C=O) groups excluding carboxylic acids is 1. The molecule has 0 radical (unpaired) electrons. The summed E-state index contributed by atoms with van der Waals surface area (Å²) in [5.74, 6) is 1.06. The van der Waals surface area contributed by atoms with Crippen LogP contribution in [0.2, 0.25) is 0 Å². The normalized spacial score (nSPS) is 24.6. The van der Waals surface area contributed by atoms with Gasteiger partial charge in [-0.15, -0.1) is 0 Å². The largest absolute Gasteiger partial charge is 0.462 e. The van der Waals surface area contributed by atoms with Gasteiger partial charge in [0.1, 0.15) is 6.10 Å². The summed E-state index contributed by atoms with van der Waals surface area (Å²) in [6.45, 7) is 9.58. The van der Waals surface area contributed by atoms with Crippen molar-refractivity contribution in [3.8, 4) is 0 Å². The molecule has 1 aliphatic rings. The third-order valence-electron chi connectivity index (χ3n) is 5.08. The zero-order valence-electron chi connectivity index (χ0n) is 14.5. The Balaban J connectivity index is 2.41. The second kappa shape index (κ2) is 8.77. The maximum absolute atomic E-state index is 12.2. The standard InChI is InChI=1S/C18H35NO2/c1-5-14-8-6-7-9-16(14)21-17(20)11-10-15(12-13-19)18(2,3)4/h14-16H,5-13,19H2,1-4H3. The maximum atomic E-state index is 12.2. The highest BCUT2D eigenvalue weighted by atomic mass is 16.5. The van der Waals surface area contributed by atoms with Gasteiger partial charge in [-0.3, -0.25) is 4.79 Å². The highest BCUT2D eigenvalue weighted by Crippen LogP contribution is 2.33. The van der Waals surface area contributed by atoms with E-state index in [1.165, 1.54) is 19.3 Å². The molecule has 0 heterocycles. The van der Waals surface area contributed by atoms with Crippen molar-refractivity contribution in [2.24, 2.45) is 23.0 Å². The SMILES string of the molecule is CCC1CCCCC1OC(=O)CCC(CCN)C(C)(C)C. The van der Waals surface area contributed by atoms with E-state index >= 15 is 0 Å². The number of carbonyl (C=O) groups is 1. The van der Waals surface area contributed by atoms with Crippen LogP contribution in [0.4, 0.5) is 0 Å². The molecule has 0 aromatic heterocycles. The zero-order valence-corrected chi connectivity index (χ0v) is 14.5. The van der Waals surface area contributed by atoms with Crippen LogP contribution in [0.1, 0.15) is 79.1 Å². The number of esters is 1. The molecule has 124 valence electrons. The smallest absolute Gasteiger partial charge is 0.306 e. The van der Waals surface area contributed by atoms with E-state index in [0.717, 1.165) is 25.7 Å². The van der Waals surface area contributed by atoms with Gasteiger partial charge in [-0.2, -0.15) is 0 Å². The van der Waals surface area contributed by atoms with Gasteiger partial charge in [-0.1, -0.05) is 34.1 Å². The van der Waals surface area contributed by atoms with E-state index in [0.29, 0.717) is 24.8 Å². The molecular weight excluding hydrogens is 262 g/mol. The summed E-state index contributed by atoms with van der Waals surface area (Å²) in [5, 5.41) is 0. The molecule has 3 unspecified atom stereocenters. The van der Waals surface area contributed by atoms with Crippen molar-refractivity contribution in [3.05, 3.63) is 0 Å². The number of ether oxygens (including phenoxy) is 1. The third kappa shape index (κ3) is 6.37. The summed E-state index contributed by atoms with van der Waals surface area (Å²) in [7, 11) is 0. The zero-order chi connectivity index (χ0) is 15.9. The van der Waals surface area contributed by atoms with Crippen LogP contribution < -0.4 is 5.73 Å². The van der Waals surface area contributed by atoms with Gasteiger partial charge in [0.25, 0.3) is 0 Å². The Kier molecular flexibility index (Phi) is 7.72. The molecule has 2 N–H and O–H groups in total. The van der Waals surface area contributed by atoms with Crippen LogP contribution in [0, 0.1) is 17.3 Å². The molecule has 3 nitrogen and oxygen atoms in total. The van der Waals surface area contributed by atoms with E-state index in [4.69, 9.17) is 10.5 Å². The minimum absolute atomic E-state index is 0.00776. The maximum Gasteiger partial charge on any atom is 0.306 e. The Hall–Kier alpha value is -0.570. The molecule has 1 rings (SSSR count). The summed E-state index contributed by atoms with van der Waals surface area (Å²) >= 11 is 0. The Morgan fingerprint density at radius 1 is 1.24 bits per heavy atom. The molecule has 1 fully saturated rings. The van der Waals surface area contributed by atoms with E-state index in [2.05, 4.69) is 27.7 Å². The van der Waals surface area contributed by atoms with Gasteiger partial charge in [0, 0.05) is 6.42 Å². The molecule has 1 saturated carbocycles. The minimum atomic E-state index is -0.00776. The lowest BCUT2D eigenvalue weighted by molar-refractivity contribution is -0.154. The van der Waals surface area contributed by atoms with Gasteiger partial charge in [0.15, 0.2) is 0 Å². The van der Waals surface area contributed by atoms with Crippen molar-refractivity contribution in [1.29, 1.82) is 0 Å². The molecule has 1 aliphatic carbocycles. The molecule has 0 aliphatic heterocycles. The average Bonchev–Trinajstić information content (AvgIpc) is 2.42. The Morgan fingerprint density at radius 2 is 1.90 bits per heavy atom. The topological polar surface area (TPSA) is 52.3 Å². The molecule has 0 spiro atoms. The first-order valence-electron chi connectivity index (χ1n) is 8.78. The van der Waals surface area contributed by atoms with E-state index in [-0.39, 0.29) is 17.5 Å². The number of hydrogen-bond donors (Lipinski definition) is 1. The summed E-state index contributed by atoms with van der Waals surface area (Å²) in [4.78, 5) is 12.2. The van der Waals surface area contributed by atoms with Crippen LogP contribution in [-0.2, 0) is 9.53 Å². The lowest BCUT2D eigenvalue weighted by Gasteiger charge is -2.32. The second-order valence-electron chi connectivity index (χ2n) is 7.66. The Labute approximate surface area is 131 Å². The first kappa shape index (κ1) is 18.5. The van der Waals surface area contributed by atoms with Crippen molar-refractivity contribution in [1.82, 2.24) is 0 Å². The highest BCUT2D eigenvalue weighted by molar-refractivity contribution is 5.69. The summed E-state index contributed by atoms with van der Waals surface area (Å²) < 4.78 is 5.77. The number of hydrogen-bond acceptors (Lipinski definition) is 3. The predicted molar refractivity (Wildman–Crippen MR) is 88.0 cm³/mol. The van der Waals surface area contributed by atoms with Gasteiger partial charge in [0.05, 0.1) is 0 Å². The van der Waals surface area contributed by atoms with Crippen molar-refractivity contribution in [2.75, 3.05) is 6.54 Å². The lowest BCUT2D eigenvalue weighted by atomic mass is 9.76. The molecule has 0 aromatic rings. The fourth-order valence-corrected chi connectivity index (χ4v) is 3.53. The van der Waals surface area contributed by atoms with Gasteiger partial charge in [-0.05, 0) is 62.3 Å². The Morgan fingerprint density at radius 3 is 2.48 bits per heavy atom. The van der Waals surface area contributed by atoms with Crippen LogP contribution in [0.25, 0.3) is 0 Å². The van der Waals surface area contributed by atoms with Crippen LogP contribution in [-0.4, -0.2) is 18.6 Å². The molecule has 0 saturated heterocycles. The van der Waals surface area contributed by atoms with E-state index < -0.39 is 0 Å². The summed E-state index contributed by atoms with van der Waals surface area (Å²) in [6.07, 6.45) is 8.45. The van der Waals surface area contributed by atoms with Gasteiger partial charge >= 0.3 is 5.97 Å². The van der Waals surface area contributed by atoms with Gasteiger partial charge in [-0.25, -0.2) is 0 Å². The van der Waals surface area contributed by atoms with E-state index in [9.17, 15) is 4.79 Å². The summed E-state index contributed by atoms with van der Waals surface area (Å²) in [5.41, 5.74) is 5.91. The summed E-state index contributed by atoms with van der Waals surface area (Å²) in [6, 6.07) is 0. The monoisotopic (exact) mass is 297 g/mol. The predicted octanol–water partition coefficient (Wildman–Crippen LogP) is 4.29. The number of nitrogens with two attached hydrogens (primary N) is 1. The molecule has 0 bridgehead atoms. The highest BCUT2D eigenvalue weighted by Gasteiger charge is 2.28. The third-order valence-corrected chi connectivity index (χ3v) is 5.08. The molecule has 3 heteroatoms. The molecular formula is C18H35NO2. The lowest BCUT2D eigenvalue weighted by Crippen LogP contribution is -2.30. The van der Waals surface area contributed by atoms with Crippen molar-refractivity contribution in [3.63, 3.8) is 0 Å². The fourth-order valence-electron chi connectivity index (χ4n) is 3.53. The fraction of sp³-hybridized carbons (Fsp3) is 0.944. The van der Waals surface area contributed by atoms with Crippen LogP contribution in [0.3, 0.4) is 0 Å². The molecule has 0 aromatic carbocycles. The van der Waals surface area contributed by atoms with E-state index in [1.807, 2.05) is 0 Å². The van der Waals surface area contributed by atoms with Crippen molar-refractivity contribution >= 4 is 5.97 Å². The second-order valence-corrected chi connectivity index (χ2v) is 7.66. The minimum Gasteiger partial charge on any atom is -0.462 e. The first-order chi connectivity index (χ1) is 9.88. The van der Waals surface area contributed by atoms with Crippen LogP contribution >= 0.6 is 0 Å². The molecule has 0 amide bonds. The number of rotatable bonds is 7. The van der Waals surface area contributed by atoms with Gasteiger partial charge < -0.3 is 10.5 Å². The average molecular weight is 297 g/mol. The van der Waals surface area contributed by atoms with Crippen molar-refractivity contribution in [2.45, 2.75) is 85.2 Å². The first-order valence-corrected chi connectivity index (χ1v) is 8.78. The molecule has 21 heavy (non-hydrogen) atoms.